The predicted molar refractivity (Wildman–Crippen MR) is 84.0 cm³/mol. The second-order valence-electron chi connectivity index (χ2n) is 6.19. The Balaban J connectivity index is 2.93. The number of carboxylic acids is 1. The van der Waals surface area contributed by atoms with Crippen LogP contribution in [0.15, 0.2) is 18.3 Å². The number of carboxylic acid groups (broad SMARTS) is 1. The fraction of sp³-hybridized carbons (Fsp3) is 0.471. The van der Waals surface area contributed by atoms with Crippen molar-refractivity contribution in [3.8, 4) is 0 Å². The summed E-state index contributed by atoms with van der Waals surface area (Å²) in [5, 5.41) is 20.4. The molecule has 114 valence electrons. The fourth-order valence-electron chi connectivity index (χ4n) is 2.68. The third-order valence-electron chi connectivity index (χ3n) is 3.88. The molecular formula is C17H23NO3. The molecule has 0 spiro atoms. The Kier molecular flexibility index (Phi) is 4.10. The second kappa shape index (κ2) is 5.53. The van der Waals surface area contributed by atoms with Crippen molar-refractivity contribution in [2.75, 3.05) is 0 Å². The molecule has 21 heavy (non-hydrogen) atoms. The molecule has 1 unspecified atom stereocenters. The van der Waals surface area contributed by atoms with Gasteiger partial charge in [0, 0.05) is 23.2 Å². The highest BCUT2D eigenvalue weighted by atomic mass is 16.4. The Labute approximate surface area is 125 Å². The van der Waals surface area contributed by atoms with E-state index in [0.717, 1.165) is 16.5 Å². The maximum Gasteiger partial charge on any atom is 0.337 e. The summed E-state index contributed by atoms with van der Waals surface area (Å²) in [6, 6.07) is 3.89. The first-order chi connectivity index (χ1) is 9.73. The molecular weight excluding hydrogens is 266 g/mol. The van der Waals surface area contributed by atoms with E-state index >= 15 is 0 Å². The molecule has 1 heterocycles. The van der Waals surface area contributed by atoms with Crippen LogP contribution in [0.4, 0.5) is 0 Å². The summed E-state index contributed by atoms with van der Waals surface area (Å²) in [5.41, 5.74) is 2.75. The molecule has 2 N–H and O–H groups in total. The molecule has 1 atom stereocenters. The standard InChI is InChI=1S/C17H23NO3/c1-9(2)12-6-13-15(11(5)19)8-18(10(3)4)16(13)14(7-12)17(20)21/h6-11,19H,1-5H3,(H,20,21). The second-order valence-corrected chi connectivity index (χ2v) is 6.19. The smallest absolute Gasteiger partial charge is 0.337 e. The average molecular weight is 289 g/mol. The molecule has 2 aromatic rings. The quantitative estimate of drug-likeness (QED) is 0.890. The molecule has 0 aliphatic carbocycles. The van der Waals surface area contributed by atoms with E-state index in [1.807, 2.05) is 44.5 Å². The molecule has 0 saturated heterocycles. The van der Waals surface area contributed by atoms with E-state index < -0.39 is 12.1 Å². The van der Waals surface area contributed by atoms with Crippen LogP contribution in [0.2, 0.25) is 0 Å². The van der Waals surface area contributed by atoms with Crippen LogP contribution in [0.25, 0.3) is 10.9 Å². The lowest BCUT2D eigenvalue weighted by Crippen LogP contribution is -2.06. The summed E-state index contributed by atoms with van der Waals surface area (Å²) in [4.78, 5) is 11.7. The van der Waals surface area contributed by atoms with E-state index in [-0.39, 0.29) is 12.0 Å². The maximum absolute atomic E-state index is 11.7. The molecule has 0 radical (unpaired) electrons. The number of carbonyl (C=O) groups is 1. The van der Waals surface area contributed by atoms with Gasteiger partial charge in [-0.1, -0.05) is 13.8 Å². The SMILES string of the molecule is CC(C)c1cc(C(=O)O)c2c(c1)c(C(C)O)cn2C(C)C. The summed E-state index contributed by atoms with van der Waals surface area (Å²) < 4.78 is 1.94. The first kappa shape index (κ1) is 15.6. The summed E-state index contributed by atoms with van der Waals surface area (Å²) in [6.07, 6.45) is 1.24. The zero-order valence-corrected chi connectivity index (χ0v) is 13.2. The Bertz CT molecular complexity index is 681. The number of aromatic nitrogens is 1. The van der Waals surface area contributed by atoms with E-state index in [9.17, 15) is 15.0 Å². The highest BCUT2D eigenvalue weighted by molar-refractivity contribution is 6.04. The largest absolute Gasteiger partial charge is 0.478 e. The van der Waals surface area contributed by atoms with Crippen LogP contribution in [0.5, 0.6) is 0 Å². The van der Waals surface area contributed by atoms with E-state index in [4.69, 9.17) is 0 Å². The van der Waals surface area contributed by atoms with E-state index in [1.54, 1.807) is 13.0 Å². The van der Waals surface area contributed by atoms with Gasteiger partial charge in [0.25, 0.3) is 0 Å². The normalized spacial score (nSPS) is 13.3. The summed E-state index contributed by atoms with van der Waals surface area (Å²) >= 11 is 0. The first-order valence-corrected chi connectivity index (χ1v) is 7.33. The van der Waals surface area contributed by atoms with Crippen LogP contribution in [-0.2, 0) is 0 Å². The van der Waals surface area contributed by atoms with Gasteiger partial charge in [0.2, 0.25) is 0 Å². The molecule has 1 aromatic heterocycles. The van der Waals surface area contributed by atoms with Gasteiger partial charge in [-0.3, -0.25) is 0 Å². The molecule has 0 saturated carbocycles. The molecule has 0 amide bonds. The number of aliphatic hydroxyl groups excluding tert-OH is 1. The minimum Gasteiger partial charge on any atom is -0.478 e. The van der Waals surface area contributed by atoms with Crippen LogP contribution in [0, 0.1) is 0 Å². The number of aromatic carboxylic acids is 1. The fourth-order valence-corrected chi connectivity index (χ4v) is 2.68. The predicted octanol–water partition coefficient (Wildman–Crippen LogP) is 4.10. The molecule has 0 bridgehead atoms. The Morgan fingerprint density at radius 3 is 2.19 bits per heavy atom. The third-order valence-corrected chi connectivity index (χ3v) is 3.88. The van der Waals surface area contributed by atoms with Gasteiger partial charge in [-0.2, -0.15) is 0 Å². The molecule has 0 fully saturated rings. The lowest BCUT2D eigenvalue weighted by molar-refractivity contribution is 0.0698. The molecule has 0 aliphatic rings. The third kappa shape index (κ3) is 2.68. The lowest BCUT2D eigenvalue weighted by Gasteiger charge is -2.13. The van der Waals surface area contributed by atoms with Crippen LogP contribution in [0.3, 0.4) is 0 Å². The summed E-state index contributed by atoms with van der Waals surface area (Å²) in [5.74, 6) is -0.698. The number of hydrogen-bond acceptors (Lipinski definition) is 2. The van der Waals surface area contributed by atoms with Crippen molar-refractivity contribution >= 4 is 16.9 Å². The molecule has 0 aliphatic heterocycles. The Hall–Kier alpha value is -1.81. The highest BCUT2D eigenvalue weighted by Gasteiger charge is 2.21. The van der Waals surface area contributed by atoms with Crippen molar-refractivity contribution in [1.82, 2.24) is 4.57 Å². The van der Waals surface area contributed by atoms with Crippen molar-refractivity contribution in [2.24, 2.45) is 0 Å². The van der Waals surface area contributed by atoms with Gasteiger partial charge in [0.05, 0.1) is 17.2 Å². The van der Waals surface area contributed by atoms with Crippen molar-refractivity contribution in [1.29, 1.82) is 0 Å². The van der Waals surface area contributed by atoms with Gasteiger partial charge in [0.1, 0.15) is 0 Å². The number of rotatable bonds is 4. The van der Waals surface area contributed by atoms with Crippen molar-refractivity contribution in [3.05, 3.63) is 35.0 Å². The highest BCUT2D eigenvalue weighted by Crippen LogP contribution is 2.34. The molecule has 1 aromatic carbocycles. The Morgan fingerprint density at radius 2 is 1.76 bits per heavy atom. The van der Waals surface area contributed by atoms with Crippen molar-refractivity contribution in [3.63, 3.8) is 0 Å². The minimum absolute atomic E-state index is 0.128. The molecule has 2 rings (SSSR count). The minimum atomic E-state index is -0.931. The van der Waals surface area contributed by atoms with Gasteiger partial charge in [-0.05, 0) is 44.4 Å². The monoisotopic (exact) mass is 289 g/mol. The number of benzene rings is 1. The maximum atomic E-state index is 11.7. The zero-order valence-electron chi connectivity index (χ0n) is 13.2. The Morgan fingerprint density at radius 1 is 1.14 bits per heavy atom. The number of fused-ring (bicyclic) bond motifs is 1. The van der Waals surface area contributed by atoms with Gasteiger partial charge in [0.15, 0.2) is 0 Å². The van der Waals surface area contributed by atoms with Crippen LogP contribution in [0.1, 0.15) is 74.2 Å². The summed E-state index contributed by atoms with van der Waals surface area (Å²) in [7, 11) is 0. The van der Waals surface area contributed by atoms with Gasteiger partial charge >= 0.3 is 5.97 Å². The number of aliphatic hydroxyl groups is 1. The van der Waals surface area contributed by atoms with E-state index in [1.165, 1.54) is 0 Å². The van der Waals surface area contributed by atoms with E-state index in [0.29, 0.717) is 11.1 Å². The van der Waals surface area contributed by atoms with Gasteiger partial charge < -0.3 is 14.8 Å². The van der Waals surface area contributed by atoms with E-state index in [2.05, 4.69) is 0 Å². The van der Waals surface area contributed by atoms with Crippen molar-refractivity contribution < 1.29 is 15.0 Å². The number of nitrogens with zero attached hydrogens (tertiary/aromatic N) is 1. The van der Waals surface area contributed by atoms with Crippen LogP contribution in [-0.4, -0.2) is 20.7 Å². The molecule has 4 heteroatoms. The average Bonchev–Trinajstić information content (AvgIpc) is 2.76. The van der Waals surface area contributed by atoms with Crippen molar-refractivity contribution in [2.45, 2.75) is 52.7 Å². The van der Waals surface area contributed by atoms with Crippen LogP contribution >= 0.6 is 0 Å². The molecule has 4 nitrogen and oxygen atoms in total. The van der Waals surface area contributed by atoms with Gasteiger partial charge in [-0.15, -0.1) is 0 Å². The zero-order chi connectivity index (χ0) is 15.9. The summed E-state index contributed by atoms with van der Waals surface area (Å²) in [6.45, 7) is 9.80. The van der Waals surface area contributed by atoms with Gasteiger partial charge in [-0.25, -0.2) is 4.79 Å². The lowest BCUT2D eigenvalue weighted by atomic mass is 9.96. The van der Waals surface area contributed by atoms with Crippen LogP contribution < -0.4 is 0 Å². The first-order valence-electron chi connectivity index (χ1n) is 7.33. The topological polar surface area (TPSA) is 62.5 Å². The number of hydrogen-bond donors (Lipinski definition) is 2.